The van der Waals surface area contributed by atoms with Crippen LogP contribution in [0.15, 0.2) is 30.5 Å². The first-order valence-corrected chi connectivity index (χ1v) is 8.73. The molecule has 1 amide bonds. The second kappa shape index (κ2) is 6.40. The second-order valence-corrected chi connectivity index (χ2v) is 6.66. The maximum atomic E-state index is 12.5. The fourth-order valence-corrected chi connectivity index (χ4v) is 3.67. The molecule has 1 unspecified atom stereocenters. The molecule has 1 atom stereocenters. The molecule has 2 aliphatic heterocycles. The maximum Gasteiger partial charge on any atom is 0.251 e. The summed E-state index contributed by atoms with van der Waals surface area (Å²) in [6, 6.07) is 8.45. The summed E-state index contributed by atoms with van der Waals surface area (Å²) < 4.78 is 5.54. The Labute approximate surface area is 142 Å². The number of nitrogens with zero attached hydrogens (tertiary/aromatic N) is 3. The van der Waals surface area contributed by atoms with Crippen molar-refractivity contribution in [1.29, 1.82) is 0 Å². The highest BCUT2D eigenvalue weighted by Crippen LogP contribution is 2.27. The molecule has 2 aliphatic rings. The predicted molar refractivity (Wildman–Crippen MR) is 94.2 cm³/mol. The molecule has 126 valence electrons. The number of hydrogen-bond acceptors (Lipinski definition) is 4. The Morgan fingerprint density at radius 1 is 1.21 bits per heavy atom. The molecule has 0 saturated carbocycles. The van der Waals surface area contributed by atoms with Gasteiger partial charge in [-0.15, -0.1) is 0 Å². The molecule has 2 fully saturated rings. The molecule has 0 bridgehead atoms. The number of fused-ring (bicyclic) bond motifs is 1. The summed E-state index contributed by atoms with van der Waals surface area (Å²) in [6.45, 7) is 6.05. The summed E-state index contributed by atoms with van der Waals surface area (Å²) in [5.41, 5.74) is 3.48. The third-order valence-corrected chi connectivity index (χ3v) is 5.01. The van der Waals surface area contributed by atoms with Crippen molar-refractivity contribution in [3.63, 3.8) is 0 Å². The third kappa shape index (κ3) is 2.84. The first-order valence-electron chi connectivity index (χ1n) is 8.73. The first-order chi connectivity index (χ1) is 11.7. The van der Waals surface area contributed by atoms with Crippen LogP contribution in [0.5, 0.6) is 0 Å². The van der Waals surface area contributed by atoms with Gasteiger partial charge in [-0.1, -0.05) is 11.6 Å². The highest BCUT2D eigenvalue weighted by molar-refractivity contribution is 5.92. The molecular weight excluding hydrogens is 302 g/mol. The lowest BCUT2D eigenvalue weighted by molar-refractivity contribution is -0.141. The summed E-state index contributed by atoms with van der Waals surface area (Å²) in [5.74, 6) is 0.169. The van der Waals surface area contributed by atoms with Crippen LogP contribution in [0, 0.1) is 6.92 Å². The van der Waals surface area contributed by atoms with E-state index in [2.05, 4.69) is 41.1 Å². The summed E-state index contributed by atoms with van der Waals surface area (Å²) >= 11 is 0. The van der Waals surface area contributed by atoms with Crippen molar-refractivity contribution < 1.29 is 9.53 Å². The Morgan fingerprint density at radius 3 is 2.79 bits per heavy atom. The molecule has 24 heavy (non-hydrogen) atoms. The number of piperazine rings is 1. The normalized spacial score (nSPS) is 21.5. The molecule has 0 radical (unpaired) electrons. The van der Waals surface area contributed by atoms with Crippen LogP contribution in [0.4, 0.5) is 5.69 Å². The number of aryl methyl sites for hydroxylation is 1. The van der Waals surface area contributed by atoms with E-state index in [4.69, 9.17) is 4.74 Å². The topological polar surface area (TPSA) is 45.7 Å². The van der Waals surface area contributed by atoms with E-state index < -0.39 is 0 Å². The van der Waals surface area contributed by atoms with Gasteiger partial charge in [0.25, 0.3) is 5.91 Å². The Bertz CT molecular complexity index is 747. The molecule has 2 saturated heterocycles. The van der Waals surface area contributed by atoms with Crippen LogP contribution in [0.3, 0.4) is 0 Å². The van der Waals surface area contributed by atoms with E-state index in [0.29, 0.717) is 0 Å². The lowest BCUT2D eigenvalue weighted by Crippen LogP contribution is -2.51. The SMILES string of the molecule is Cc1ccc2nccc(N3CCN(C(=O)C4CCCO4)CC3)c2c1. The van der Waals surface area contributed by atoms with Gasteiger partial charge in [0.1, 0.15) is 6.10 Å². The van der Waals surface area contributed by atoms with Crippen molar-refractivity contribution in [2.45, 2.75) is 25.9 Å². The van der Waals surface area contributed by atoms with E-state index in [1.165, 1.54) is 16.6 Å². The van der Waals surface area contributed by atoms with Gasteiger partial charge in [-0.2, -0.15) is 0 Å². The molecule has 5 heteroatoms. The van der Waals surface area contributed by atoms with Crippen LogP contribution in [-0.4, -0.2) is 54.7 Å². The summed E-state index contributed by atoms with van der Waals surface area (Å²) in [4.78, 5) is 21.3. The Hall–Kier alpha value is -2.14. The predicted octanol–water partition coefficient (Wildman–Crippen LogP) is 2.37. The fourth-order valence-electron chi connectivity index (χ4n) is 3.67. The summed E-state index contributed by atoms with van der Waals surface area (Å²) in [5, 5.41) is 1.19. The number of rotatable bonds is 2. The number of carbonyl (C=O) groups excluding carboxylic acids is 1. The summed E-state index contributed by atoms with van der Waals surface area (Å²) in [7, 11) is 0. The van der Waals surface area contributed by atoms with E-state index in [-0.39, 0.29) is 12.0 Å². The van der Waals surface area contributed by atoms with Crippen molar-refractivity contribution in [3.05, 3.63) is 36.0 Å². The minimum absolute atomic E-state index is 0.169. The molecule has 2 aromatic rings. The zero-order chi connectivity index (χ0) is 16.5. The zero-order valence-electron chi connectivity index (χ0n) is 14.1. The Kier molecular flexibility index (Phi) is 4.10. The largest absolute Gasteiger partial charge is 0.368 e. The van der Waals surface area contributed by atoms with E-state index in [1.54, 1.807) is 0 Å². The van der Waals surface area contributed by atoms with Crippen LogP contribution in [-0.2, 0) is 9.53 Å². The number of carbonyl (C=O) groups is 1. The molecule has 0 N–H and O–H groups in total. The van der Waals surface area contributed by atoms with Crippen molar-refractivity contribution in [1.82, 2.24) is 9.88 Å². The molecule has 5 nitrogen and oxygen atoms in total. The van der Waals surface area contributed by atoms with Crippen LogP contribution in [0.1, 0.15) is 18.4 Å². The molecule has 4 rings (SSSR count). The maximum absolute atomic E-state index is 12.5. The van der Waals surface area contributed by atoms with E-state index in [1.807, 2.05) is 11.1 Å². The van der Waals surface area contributed by atoms with Crippen molar-refractivity contribution >= 4 is 22.5 Å². The van der Waals surface area contributed by atoms with Crippen LogP contribution in [0.25, 0.3) is 10.9 Å². The third-order valence-electron chi connectivity index (χ3n) is 5.01. The van der Waals surface area contributed by atoms with Crippen molar-refractivity contribution in [3.8, 4) is 0 Å². The van der Waals surface area contributed by atoms with Gasteiger partial charge in [0.2, 0.25) is 0 Å². The van der Waals surface area contributed by atoms with Crippen molar-refractivity contribution in [2.24, 2.45) is 0 Å². The van der Waals surface area contributed by atoms with E-state index in [9.17, 15) is 4.79 Å². The number of hydrogen-bond donors (Lipinski definition) is 0. The number of anilines is 1. The quantitative estimate of drug-likeness (QED) is 0.850. The van der Waals surface area contributed by atoms with Gasteiger partial charge >= 0.3 is 0 Å². The zero-order valence-corrected chi connectivity index (χ0v) is 14.1. The number of amides is 1. The van der Waals surface area contributed by atoms with Crippen LogP contribution < -0.4 is 4.90 Å². The Balaban J connectivity index is 1.50. The number of pyridine rings is 1. The number of ether oxygens (including phenoxy) is 1. The van der Waals surface area contributed by atoms with Gasteiger partial charge in [-0.25, -0.2) is 0 Å². The molecule has 0 aliphatic carbocycles. The molecule has 3 heterocycles. The Morgan fingerprint density at radius 2 is 2.04 bits per heavy atom. The number of aromatic nitrogens is 1. The van der Waals surface area contributed by atoms with Crippen LogP contribution in [0.2, 0.25) is 0 Å². The lowest BCUT2D eigenvalue weighted by Gasteiger charge is -2.37. The molecule has 1 aromatic heterocycles. The molecular formula is C19H23N3O2. The van der Waals surface area contributed by atoms with Gasteiger partial charge in [-0.05, 0) is 38.0 Å². The van der Waals surface area contributed by atoms with Gasteiger partial charge in [0, 0.05) is 50.1 Å². The standard InChI is InChI=1S/C19H23N3O2/c1-14-4-5-16-15(13-14)17(6-7-20-16)21-8-10-22(11-9-21)19(23)18-3-2-12-24-18/h4-7,13,18H,2-3,8-12H2,1H3. The lowest BCUT2D eigenvalue weighted by atomic mass is 10.1. The van der Waals surface area contributed by atoms with Gasteiger partial charge in [0.05, 0.1) is 5.52 Å². The van der Waals surface area contributed by atoms with E-state index in [0.717, 1.165) is 51.1 Å². The summed E-state index contributed by atoms with van der Waals surface area (Å²) in [6.07, 6.45) is 3.53. The minimum atomic E-state index is -0.207. The minimum Gasteiger partial charge on any atom is -0.368 e. The highest BCUT2D eigenvalue weighted by atomic mass is 16.5. The van der Waals surface area contributed by atoms with Crippen LogP contribution >= 0.6 is 0 Å². The van der Waals surface area contributed by atoms with Gasteiger partial charge in [-0.3, -0.25) is 9.78 Å². The number of benzene rings is 1. The molecule has 0 spiro atoms. The molecule has 1 aromatic carbocycles. The second-order valence-electron chi connectivity index (χ2n) is 6.66. The average Bonchev–Trinajstić information content (AvgIpc) is 3.15. The average molecular weight is 325 g/mol. The van der Waals surface area contributed by atoms with Crippen molar-refractivity contribution in [2.75, 3.05) is 37.7 Å². The smallest absolute Gasteiger partial charge is 0.251 e. The monoisotopic (exact) mass is 325 g/mol. The highest BCUT2D eigenvalue weighted by Gasteiger charge is 2.30. The van der Waals surface area contributed by atoms with E-state index >= 15 is 0 Å². The van der Waals surface area contributed by atoms with Gasteiger partial charge in [0.15, 0.2) is 0 Å². The fraction of sp³-hybridized carbons (Fsp3) is 0.474. The van der Waals surface area contributed by atoms with Gasteiger partial charge < -0.3 is 14.5 Å². The first kappa shape index (κ1) is 15.4.